The maximum Gasteiger partial charge on any atom is 0.311 e. The van der Waals surface area contributed by atoms with Crippen LogP contribution < -0.4 is 10.1 Å². The van der Waals surface area contributed by atoms with Crippen molar-refractivity contribution >= 4 is 28.1 Å². The average molecular weight is 332 g/mol. The van der Waals surface area contributed by atoms with Crippen molar-refractivity contribution in [1.29, 1.82) is 0 Å². The van der Waals surface area contributed by atoms with Crippen molar-refractivity contribution in [3.05, 3.63) is 58.4 Å². The van der Waals surface area contributed by atoms with Crippen molar-refractivity contribution in [3.8, 4) is 5.75 Å². The van der Waals surface area contributed by atoms with Crippen molar-refractivity contribution in [3.63, 3.8) is 0 Å². The minimum atomic E-state index is -0.815. The zero-order valence-electron chi connectivity index (χ0n) is 12.3. The Hall–Kier alpha value is -3.36. The molecule has 0 aliphatic rings. The lowest BCUT2D eigenvalue weighted by molar-refractivity contribution is -0.385. The molecule has 1 N–H and O–H groups in total. The smallest absolute Gasteiger partial charge is 0.311 e. The first-order valence-corrected chi connectivity index (χ1v) is 6.69. The Morgan fingerprint density at radius 2 is 1.92 bits per heavy atom. The normalized spacial score (nSPS) is 10.6. The first-order chi connectivity index (χ1) is 11.5. The molecule has 1 aromatic heterocycles. The standard InChI is InChI=1S/C15H10F2N4O3/c1-24-13-6-11-8(5-12(13)21(22)23)15(19-7-18-11)20-14-9(16)3-2-4-10(14)17/h2-7H,1H3,(H,18,19,20). The van der Waals surface area contributed by atoms with Gasteiger partial charge in [-0.05, 0) is 12.1 Å². The third-order valence-corrected chi connectivity index (χ3v) is 3.34. The van der Waals surface area contributed by atoms with E-state index in [-0.39, 0.29) is 22.6 Å². The van der Waals surface area contributed by atoms with Crippen molar-refractivity contribution in [1.82, 2.24) is 9.97 Å². The van der Waals surface area contributed by atoms with Crippen LogP contribution in [0.5, 0.6) is 5.75 Å². The molecule has 0 saturated carbocycles. The Labute approximate surface area is 134 Å². The number of nitrogens with zero attached hydrogens (tertiary/aromatic N) is 3. The average Bonchev–Trinajstić information content (AvgIpc) is 2.57. The summed E-state index contributed by atoms with van der Waals surface area (Å²) >= 11 is 0. The molecule has 0 unspecified atom stereocenters. The van der Waals surface area contributed by atoms with Crippen LogP contribution >= 0.6 is 0 Å². The van der Waals surface area contributed by atoms with E-state index in [1.54, 1.807) is 0 Å². The van der Waals surface area contributed by atoms with Crippen molar-refractivity contribution < 1.29 is 18.4 Å². The van der Waals surface area contributed by atoms with Crippen LogP contribution in [0.1, 0.15) is 0 Å². The van der Waals surface area contributed by atoms with Gasteiger partial charge >= 0.3 is 5.69 Å². The molecular weight excluding hydrogens is 322 g/mol. The summed E-state index contributed by atoms with van der Waals surface area (Å²) in [5, 5.41) is 13.9. The molecule has 3 aromatic rings. The number of nitro benzene ring substituents is 1. The number of nitrogens with one attached hydrogen (secondary N) is 1. The molecule has 1 heterocycles. The molecule has 0 spiro atoms. The number of ether oxygens (including phenoxy) is 1. The lowest BCUT2D eigenvalue weighted by Crippen LogP contribution is -2.02. The Morgan fingerprint density at radius 3 is 2.54 bits per heavy atom. The molecule has 0 fully saturated rings. The number of hydrogen-bond donors (Lipinski definition) is 1. The quantitative estimate of drug-likeness (QED) is 0.580. The van der Waals surface area contributed by atoms with Gasteiger partial charge in [0.25, 0.3) is 0 Å². The van der Waals surface area contributed by atoms with Crippen molar-refractivity contribution in [2.24, 2.45) is 0 Å². The van der Waals surface area contributed by atoms with Crippen molar-refractivity contribution in [2.75, 3.05) is 12.4 Å². The summed E-state index contributed by atoms with van der Waals surface area (Å²) in [6.07, 6.45) is 1.18. The van der Waals surface area contributed by atoms with Crippen LogP contribution in [0.3, 0.4) is 0 Å². The van der Waals surface area contributed by atoms with Crippen LogP contribution in [0.2, 0.25) is 0 Å². The SMILES string of the molecule is COc1cc2ncnc(Nc3c(F)cccc3F)c2cc1[N+](=O)[O-]. The summed E-state index contributed by atoms with van der Waals surface area (Å²) in [6, 6.07) is 5.94. The van der Waals surface area contributed by atoms with Gasteiger partial charge in [0, 0.05) is 12.1 Å². The lowest BCUT2D eigenvalue weighted by Gasteiger charge is -2.11. The number of fused-ring (bicyclic) bond motifs is 1. The monoisotopic (exact) mass is 332 g/mol. The van der Waals surface area contributed by atoms with Gasteiger partial charge in [-0.25, -0.2) is 18.7 Å². The second kappa shape index (κ2) is 6.03. The molecule has 0 amide bonds. The summed E-state index contributed by atoms with van der Waals surface area (Å²) < 4.78 is 32.5. The predicted octanol–water partition coefficient (Wildman–Crippen LogP) is 3.57. The van der Waals surface area contributed by atoms with E-state index in [2.05, 4.69) is 15.3 Å². The van der Waals surface area contributed by atoms with Crippen LogP contribution in [-0.4, -0.2) is 22.0 Å². The van der Waals surface area contributed by atoms with Crippen molar-refractivity contribution in [2.45, 2.75) is 0 Å². The Balaban J connectivity index is 2.18. The summed E-state index contributed by atoms with van der Waals surface area (Å²) in [5.41, 5.74) is -0.389. The largest absolute Gasteiger partial charge is 0.490 e. The minimum Gasteiger partial charge on any atom is -0.490 e. The van der Waals surface area contributed by atoms with Crippen LogP contribution in [0.25, 0.3) is 10.9 Å². The summed E-state index contributed by atoms with van der Waals surface area (Å²) in [4.78, 5) is 18.4. The van der Waals surface area contributed by atoms with Gasteiger partial charge in [0.2, 0.25) is 0 Å². The van der Waals surface area contributed by atoms with Crippen LogP contribution in [-0.2, 0) is 0 Å². The maximum absolute atomic E-state index is 13.8. The summed E-state index contributed by atoms with van der Waals surface area (Å²) in [5.74, 6) is -1.57. The third kappa shape index (κ3) is 2.67. The van der Waals surface area contributed by atoms with E-state index in [1.807, 2.05) is 0 Å². The summed E-state index contributed by atoms with van der Waals surface area (Å²) in [7, 11) is 1.29. The molecule has 2 aromatic carbocycles. The first kappa shape index (κ1) is 15.5. The van der Waals surface area contributed by atoms with Crippen LogP contribution in [0.4, 0.5) is 26.0 Å². The third-order valence-electron chi connectivity index (χ3n) is 3.34. The molecule has 7 nitrogen and oxygen atoms in total. The lowest BCUT2D eigenvalue weighted by atomic mass is 10.2. The number of nitro groups is 1. The van der Waals surface area contributed by atoms with Gasteiger partial charge in [-0.2, -0.15) is 0 Å². The molecule has 0 aliphatic carbocycles. The highest BCUT2D eigenvalue weighted by Gasteiger charge is 2.19. The van der Waals surface area contributed by atoms with E-state index in [9.17, 15) is 18.9 Å². The highest BCUT2D eigenvalue weighted by atomic mass is 19.1. The number of hydrogen-bond acceptors (Lipinski definition) is 6. The van der Waals surface area contributed by atoms with Gasteiger partial charge in [-0.15, -0.1) is 0 Å². The number of anilines is 2. The van der Waals surface area contributed by atoms with E-state index in [0.717, 1.165) is 12.1 Å². The highest BCUT2D eigenvalue weighted by Crippen LogP contribution is 2.34. The molecule has 0 saturated heterocycles. The van der Waals surface area contributed by atoms with Gasteiger partial charge in [0.05, 0.1) is 22.9 Å². The first-order valence-electron chi connectivity index (χ1n) is 6.69. The second-order valence-electron chi connectivity index (χ2n) is 4.74. The minimum absolute atomic E-state index is 0.0224. The topological polar surface area (TPSA) is 90.2 Å². The van der Waals surface area contributed by atoms with Gasteiger partial charge in [-0.1, -0.05) is 6.07 Å². The molecule has 0 aliphatic heterocycles. The second-order valence-corrected chi connectivity index (χ2v) is 4.74. The molecular formula is C15H10F2N4O3. The van der Waals surface area contributed by atoms with Gasteiger partial charge in [0.1, 0.15) is 29.5 Å². The fraction of sp³-hybridized carbons (Fsp3) is 0.0667. The predicted molar refractivity (Wildman–Crippen MR) is 82.4 cm³/mol. The molecule has 3 rings (SSSR count). The fourth-order valence-electron chi connectivity index (χ4n) is 2.21. The summed E-state index contributed by atoms with van der Waals surface area (Å²) in [6.45, 7) is 0. The molecule has 0 bridgehead atoms. The number of benzene rings is 2. The Bertz CT molecular complexity index is 929. The zero-order valence-corrected chi connectivity index (χ0v) is 12.3. The highest BCUT2D eigenvalue weighted by molar-refractivity contribution is 5.93. The van der Waals surface area contributed by atoms with E-state index < -0.39 is 22.2 Å². The van der Waals surface area contributed by atoms with E-state index in [4.69, 9.17) is 4.74 Å². The zero-order chi connectivity index (χ0) is 17.3. The van der Waals surface area contributed by atoms with E-state index in [1.165, 1.54) is 31.6 Å². The molecule has 9 heteroatoms. The van der Waals surface area contributed by atoms with Gasteiger partial charge in [0.15, 0.2) is 5.75 Å². The number of aromatic nitrogens is 2. The van der Waals surface area contributed by atoms with Crippen LogP contribution in [0, 0.1) is 21.7 Å². The van der Waals surface area contributed by atoms with E-state index in [0.29, 0.717) is 5.52 Å². The molecule has 24 heavy (non-hydrogen) atoms. The van der Waals surface area contributed by atoms with Gasteiger partial charge in [-0.3, -0.25) is 10.1 Å². The van der Waals surface area contributed by atoms with Crippen LogP contribution in [0.15, 0.2) is 36.7 Å². The fourth-order valence-corrected chi connectivity index (χ4v) is 2.21. The van der Waals surface area contributed by atoms with Gasteiger partial charge < -0.3 is 10.1 Å². The number of methoxy groups -OCH3 is 1. The Morgan fingerprint density at radius 1 is 1.21 bits per heavy atom. The molecule has 0 radical (unpaired) electrons. The number of para-hydroxylation sites is 1. The Kier molecular flexibility index (Phi) is 3.90. The molecule has 0 atom stereocenters. The number of rotatable bonds is 4. The van der Waals surface area contributed by atoms with E-state index >= 15 is 0 Å². The number of halogens is 2. The molecule has 122 valence electrons. The maximum atomic E-state index is 13.8.